The SMILES string of the molecule is CN1CCC(N2CCC(C(=O)Cc3cc4cc(-c5cn[nH]c5)ccc4cn3)CC2)CC1. The van der Waals surface area contributed by atoms with Gasteiger partial charge >= 0.3 is 0 Å². The van der Waals surface area contributed by atoms with E-state index in [4.69, 9.17) is 0 Å². The molecule has 31 heavy (non-hydrogen) atoms. The molecule has 0 saturated carbocycles. The first-order valence-corrected chi connectivity index (χ1v) is 11.5. The maximum absolute atomic E-state index is 13.0. The van der Waals surface area contributed by atoms with Gasteiger partial charge in [-0.2, -0.15) is 5.10 Å². The molecule has 0 aliphatic carbocycles. The predicted molar refractivity (Wildman–Crippen MR) is 123 cm³/mol. The van der Waals surface area contributed by atoms with E-state index in [0.717, 1.165) is 53.5 Å². The first-order chi connectivity index (χ1) is 15.2. The van der Waals surface area contributed by atoms with E-state index < -0.39 is 0 Å². The number of piperidine rings is 2. The molecule has 0 atom stereocenters. The van der Waals surface area contributed by atoms with Crippen LogP contribution in [0.4, 0.5) is 0 Å². The average molecular weight is 418 g/mol. The fourth-order valence-corrected chi connectivity index (χ4v) is 5.14. The summed E-state index contributed by atoms with van der Waals surface area (Å²) in [5.74, 6) is 0.526. The Balaban J connectivity index is 1.21. The fraction of sp³-hybridized carbons (Fsp3) is 0.480. The van der Waals surface area contributed by atoms with Gasteiger partial charge in [-0.1, -0.05) is 12.1 Å². The molecule has 2 aliphatic heterocycles. The van der Waals surface area contributed by atoms with Crippen LogP contribution in [0.15, 0.2) is 42.9 Å². The van der Waals surface area contributed by atoms with Crippen molar-refractivity contribution in [2.24, 2.45) is 5.92 Å². The zero-order chi connectivity index (χ0) is 21.2. The quantitative estimate of drug-likeness (QED) is 0.688. The fourth-order valence-electron chi connectivity index (χ4n) is 5.14. The first-order valence-electron chi connectivity index (χ1n) is 11.5. The van der Waals surface area contributed by atoms with Gasteiger partial charge in [-0.3, -0.25) is 14.9 Å². The summed E-state index contributed by atoms with van der Waals surface area (Å²) in [6.07, 6.45) is 10.5. The molecular weight excluding hydrogens is 386 g/mol. The maximum Gasteiger partial charge on any atom is 0.142 e. The van der Waals surface area contributed by atoms with Gasteiger partial charge in [0.2, 0.25) is 0 Å². The normalized spacial score (nSPS) is 19.8. The van der Waals surface area contributed by atoms with Crippen LogP contribution in [0.1, 0.15) is 31.4 Å². The topological polar surface area (TPSA) is 65.1 Å². The zero-order valence-electron chi connectivity index (χ0n) is 18.3. The highest BCUT2D eigenvalue weighted by atomic mass is 16.1. The monoisotopic (exact) mass is 417 g/mol. The standard InChI is InChI=1S/C25H31N5O/c1-29-8-6-24(7-9-29)30-10-4-18(5-11-30)25(31)14-23-13-21-12-19(22-16-27-28-17-22)2-3-20(21)15-26-23/h2-3,12-13,15-18,24H,4-11,14H2,1H3,(H,27,28). The van der Waals surface area contributed by atoms with Crippen molar-refractivity contribution in [3.8, 4) is 11.1 Å². The van der Waals surface area contributed by atoms with E-state index in [0.29, 0.717) is 18.2 Å². The number of carbonyl (C=O) groups excluding carboxylic acids is 1. The zero-order valence-corrected chi connectivity index (χ0v) is 18.3. The summed E-state index contributed by atoms with van der Waals surface area (Å²) >= 11 is 0. The van der Waals surface area contributed by atoms with Crippen LogP contribution in [0.5, 0.6) is 0 Å². The van der Waals surface area contributed by atoms with Gasteiger partial charge in [0.15, 0.2) is 0 Å². The van der Waals surface area contributed by atoms with Crippen LogP contribution in [-0.4, -0.2) is 70.0 Å². The van der Waals surface area contributed by atoms with Crippen LogP contribution in [-0.2, 0) is 11.2 Å². The number of aromatic amines is 1. The summed E-state index contributed by atoms with van der Waals surface area (Å²) in [5.41, 5.74) is 3.05. The van der Waals surface area contributed by atoms with Crippen molar-refractivity contribution < 1.29 is 4.79 Å². The van der Waals surface area contributed by atoms with Crippen molar-refractivity contribution in [3.05, 3.63) is 48.5 Å². The number of nitrogens with one attached hydrogen (secondary N) is 1. The number of Topliss-reactive ketones (excluding diaryl/α,β-unsaturated/α-hetero) is 1. The van der Waals surface area contributed by atoms with Crippen LogP contribution in [0.25, 0.3) is 21.9 Å². The molecule has 162 valence electrons. The van der Waals surface area contributed by atoms with Gasteiger partial charge in [-0.25, -0.2) is 0 Å². The third-order valence-electron chi connectivity index (χ3n) is 7.15. The van der Waals surface area contributed by atoms with Crippen LogP contribution in [0, 0.1) is 5.92 Å². The lowest BCUT2D eigenvalue weighted by molar-refractivity contribution is -0.124. The number of hydrogen-bond acceptors (Lipinski definition) is 5. The van der Waals surface area contributed by atoms with Crippen LogP contribution < -0.4 is 0 Å². The van der Waals surface area contributed by atoms with Crippen molar-refractivity contribution in [2.75, 3.05) is 33.2 Å². The molecule has 0 unspecified atom stereocenters. The molecule has 0 bridgehead atoms. The summed E-state index contributed by atoms with van der Waals surface area (Å²) in [6, 6.07) is 9.09. The Bertz CT molecular complexity index is 1030. The summed E-state index contributed by atoms with van der Waals surface area (Å²) in [7, 11) is 2.21. The Kier molecular flexibility index (Phi) is 5.83. The van der Waals surface area contributed by atoms with E-state index in [1.54, 1.807) is 0 Å². The van der Waals surface area contributed by atoms with Crippen molar-refractivity contribution in [3.63, 3.8) is 0 Å². The second-order valence-corrected chi connectivity index (χ2v) is 9.21. The number of H-pyrrole nitrogens is 1. The van der Waals surface area contributed by atoms with E-state index in [9.17, 15) is 4.79 Å². The molecule has 0 radical (unpaired) electrons. The molecule has 4 heterocycles. The molecule has 1 N–H and O–H groups in total. The van der Waals surface area contributed by atoms with Gasteiger partial charge in [-0.05, 0) is 82.0 Å². The lowest BCUT2D eigenvalue weighted by Crippen LogP contribution is -2.47. The number of benzene rings is 1. The second kappa shape index (κ2) is 8.89. The summed E-state index contributed by atoms with van der Waals surface area (Å²) in [5, 5.41) is 9.11. The largest absolute Gasteiger partial charge is 0.306 e. The molecule has 6 heteroatoms. The first kappa shape index (κ1) is 20.3. The third-order valence-corrected chi connectivity index (χ3v) is 7.15. The van der Waals surface area contributed by atoms with Crippen LogP contribution >= 0.6 is 0 Å². The highest BCUT2D eigenvalue weighted by Gasteiger charge is 2.30. The van der Waals surface area contributed by atoms with Gasteiger partial charge in [0, 0.05) is 47.4 Å². The molecule has 2 saturated heterocycles. The van der Waals surface area contributed by atoms with Crippen LogP contribution in [0.3, 0.4) is 0 Å². The van der Waals surface area contributed by atoms with Crippen molar-refractivity contribution >= 4 is 16.6 Å². The summed E-state index contributed by atoms with van der Waals surface area (Å²) in [4.78, 5) is 22.6. The van der Waals surface area contributed by atoms with E-state index >= 15 is 0 Å². The van der Waals surface area contributed by atoms with Crippen molar-refractivity contribution in [1.29, 1.82) is 0 Å². The third kappa shape index (κ3) is 4.55. The van der Waals surface area contributed by atoms with Gasteiger partial charge in [0.1, 0.15) is 5.78 Å². The highest BCUT2D eigenvalue weighted by Crippen LogP contribution is 2.26. The van der Waals surface area contributed by atoms with Crippen LogP contribution in [0.2, 0.25) is 0 Å². The molecular formula is C25H31N5O. The molecule has 3 aromatic rings. The molecule has 2 aliphatic rings. The van der Waals surface area contributed by atoms with E-state index in [1.165, 1.54) is 25.9 Å². The number of aromatic nitrogens is 3. The van der Waals surface area contributed by atoms with E-state index in [1.807, 2.05) is 18.6 Å². The van der Waals surface area contributed by atoms with Gasteiger partial charge in [0.25, 0.3) is 0 Å². The second-order valence-electron chi connectivity index (χ2n) is 9.21. The number of hydrogen-bond donors (Lipinski definition) is 1. The van der Waals surface area contributed by atoms with Gasteiger partial charge < -0.3 is 9.80 Å². The number of likely N-dealkylation sites (tertiary alicyclic amines) is 2. The summed E-state index contributed by atoms with van der Waals surface area (Å²) < 4.78 is 0. The molecule has 5 rings (SSSR count). The minimum atomic E-state index is 0.178. The Morgan fingerprint density at radius 1 is 1.00 bits per heavy atom. The van der Waals surface area contributed by atoms with Crippen molar-refractivity contribution in [2.45, 2.75) is 38.1 Å². The van der Waals surface area contributed by atoms with E-state index in [-0.39, 0.29) is 5.92 Å². The lowest BCUT2D eigenvalue weighted by Gasteiger charge is -2.40. The number of carbonyl (C=O) groups is 1. The predicted octanol–water partition coefficient (Wildman–Crippen LogP) is 3.54. The van der Waals surface area contributed by atoms with Gasteiger partial charge in [-0.15, -0.1) is 0 Å². The minimum absolute atomic E-state index is 0.178. The van der Waals surface area contributed by atoms with E-state index in [2.05, 4.69) is 56.3 Å². The smallest absolute Gasteiger partial charge is 0.142 e. The average Bonchev–Trinajstić information content (AvgIpc) is 3.34. The molecule has 2 aromatic heterocycles. The lowest BCUT2D eigenvalue weighted by atomic mass is 9.88. The Hall–Kier alpha value is -2.57. The maximum atomic E-state index is 13.0. The number of nitrogens with zero attached hydrogens (tertiary/aromatic N) is 4. The Morgan fingerprint density at radius 2 is 1.81 bits per heavy atom. The molecule has 1 aromatic carbocycles. The minimum Gasteiger partial charge on any atom is -0.306 e. The van der Waals surface area contributed by atoms with Crippen molar-refractivity contribution in [1.82, 2.24) is 25.0 Å². The number of fused-ring (bicyclic) bond motifs is 1. The molecule has 0 spiro atoms. The number of ketones is 1. The Labute approximate surface area is 183 Å². The molecule has 0 amide bonds. The molecule has 6 nitrogen and oxygen atoms in total. The van der Waals surface area contributed by atoms with Gasteiger partial charge in [0.05, 0.1) is 6.20 Å². The number of pyridine rings is 1. The highest BCUT2D eigenvalue weighted by molar-refractivity contribution is 5.88. The molecule has 2 fully saturated rings. The number of rotatable bonds is 5. The summed E-state index contributed by atoms with van der Waals surface area (Å²) in [6.45, 7) is 4.51. The Morgan fingerprint density at radius 3 is 2.55 bits per heavy atom.